The number of unbranched alkanes of at least 4 members (excludes halogenated alkanes) is 26. The number of carbonyl (C=O) groups is 1. The lowest BCUT2D eigenvalue weighted by molar-refractivity contribution is -0.123. The second-order valence-electron chi connectivity index (χ2n) is 15.5. The molecule has 0 heterocycles. The molecule has 53 heavy (non-hydrogen) atoms. The van der Waals surface area contributed by atoms with E-state index in [1.165, 1.54) is 161 Å². The first kappa shape index (κ1) is 51.1. The Labute approximate surface area is 330 Å². The molecule has 0 aliphatic rings. The lowest BCUT2D eigenvalue weighted by Gasteiger charge is -2.19. The maximum absolute atomic E-state index is 12.4. The van der Waals surface area contributed by atoms with Crippen molar-refractivity contribution in [2.75, 3.05) is 6.61 Å². The zero-order valence-corrected chi connectivity index (χ0v) is 35.3. The quantitative estimate of drug-likeness (QED) is 0.0432. The molecule has 0 rings (SSSR count). The van der Waals surface area contributed by atoms with E-state index < -0.39 is 12.1 Å². The minimum Gasteiger partial charge on any atom is -0.394 e. The summed E-state index contributed by atoms with van der Waals surface area (Å²) >= 11 is 0. The molecule has 0 aliphatic heterocycles. The molecule has 0 aromatic carbocycles. The Balaban J connectivity index is 3.58. The van der Waals surface area contributed by atoms with Gasteiger partial charge in [0.15, 0.2) is 0 Å². The molecule has 0 aromatic heterocycles. The average molecular weight is 740 g/mol. The first-order valence-electron chi connectivity index (χ1n) is 23.0. The lowest BCUT2D eigenvalue weighted by Crippen LogP contribution is -2.45. The molecule has 0 aromatic rings. The highest BCUT2D eigenvalue weighted by atomic mass is 16.3. The van der Waals surface area contributed by atoms with Crippen LogP contribution in [0.25, 0.3) is 0 Å². The van der Waals surface area contributed by atoms with E-state index in [0.717, 1.165) is 44.9 Å². The normalized spacial score (nSPS) is 13.5. The fourth-order valence-corrected chi connectivity index (χ4v) is 6.67. The summed E-state index contributed by atoms with van der Waals surface area (Å²) in [5, 5.41) is 23.0. The van der Waals surface area contributed by atoms with Crippen molar-refractivity contribution in [3.05, 3.63) is 60.8 Å². The van der Waals surface area contributed by atoms with Gasteiger partial charge in [0, 0.05) is 6.42 Å². The van der Waals surface area contributed by atoms with Gasteiger partial charge in [-0.3, -0.25) is 4.79 Å². The van der Waals surface area contributed by atoms with Crippen molar-refractivity contribution in [3.63, 3.8) is 0 Å². The number of rotatable bonds is 41. The monoisotopic (exact) mass is 740 g/mol. The van der Waals surface area contributed by atoms with Crippen LogP contribution < -0.4 is 5.32 Å². The van der Waals surface area contributed by atoms with E-state index in [2.05, 4.69) is 67.8 Å². The van der Waals surface area contributed by atoms with Gasteiger partial charge in [-0.05, 0) is 70.6 Å². The number of hydrogen-bond donors (Lipinski definition) is 3. The highest BCUT2D eigenvalue weighted by Gasteiger charge is 2.17. The first-order valence-corrected chi connectivity index (χ1v) is 23.0. The summed E-state index contributed by atoms with van der Waals surface area (Å²) in [6, 6.07) is -0.641. The third-order valence-electron chi connectivity index (χ3n) is 10.2. The van der Waals surface area contributed by atoms with Gasteiger partial charge < -0.3 is 15.5 Å². The Bertz CT molecular complexity index is 888. The van der Waals surface area contributed by atoms with Crippen LogP contribution in [0.5, 0.6) is 0 Å². The predicted octanol–water partition coefficient (Wildman–Crippen LogP) is 14.5. The fraction of sp³-hybridized carbons (Fsp3) is 0.776. The van der Waals surface area contributed by atoms with Gasteiger partial charge in [0.2, 0.25) is 5.91 Å². The van der Waals surface area contributed by atoms with E-state index in [9.17, 15) is 15.0 Å². The standard InChI is InChI=1S/C49H89NO3/c1-3-5-7-9-11-13-15-17-19-20-21-22-23-24-25-26-27-28-29-30-31-33-35-37-39-41-43-45-49(53)50-47(46-51)48(52)44-42-40-38-36-34-32-18-16-14-12-10-8-6-4-2/h15,17,20-21,23-24,34,36,42,44,47-48,51-52H,3-14,16,18-19,22,25-33,35,37-41,43,45-46H2,1-2H3,(H,50,53)/b17-15-,21-20-,24-23-,36-34+,44-42+. The Kier molecular flexibility index (Phi) is 42.9. The third-order valence-corrected chi connectivity index (χ3v) is 10.2. The number of amides is 1. The lowest BCUT2D eigenvalue weighted by atomic mass is 10.0. The highest BCUT2D eigenvalue weighted by Crippen LogP contribution is 2.14. The van der Waals surface area contributed by atoms with Gasteiger partial charge in [0.05, 0.1) is 18.8 Å². The van der Waals surface area contributed by atoms with E-state index in [4.69, 9.17) is 0 Å². The van der Waals surface area contributed by atoms with Crippen LogP contribution in [0.1, 0.15) is 226 Å². The van der Waals surface area contributed by atoms with E-state index >= 15 is 0 Å². The molecule has 2 unspecified atom stereocenters. The van der Waals surface area contributed by atoms with Gasteiger partial charge in [-0.1, -0.05) is 209 Å². The van der Waals surface area contributed by atoms with Gasteiger partial charge in [0.1, 0.15) is 0 Å². The van der Waals surface area contributed by atoms with Crippen LogP contribution in [0.2, 0.25) is 0 Å². The van der Waals surface area contributed by atoms with Crippen LogP contribution in [0.4, 0.5) is 0 Å². The Morgan fingerprint density at radius 2 is 0.792 bits per heavy atom. The van der Waals surface area contributed by atoms with Gasteiger partial charge in [-0.25, -0.2) is 0 Å². The van der Waals surface area contributed by atoms with Crippen molar-refractivity contribution in [2.24, 2.45) is 0 Å². The fourth-order valence-electron chi connectivity index (χ4n) is 6.67. The first-order chi connectivity index (χ1) is 26.2. The number of nitrogens with one attached hydrogen (secondary N) is 1. The van der Waals surface area contributed by atoms with Crippen LogP contribution >= 0.6 is 0 Å². The minimum atomic E-state index is -0.864. The van der Waals surface area contributed by atoms with Crippen LogP contribution in [0.15, 0.2) is 60.8 Å². The van der Waals surface area contributed by atoms with Gasteiger partial charge in [-0.2, -0.15) is 0 Å². The molecular formula is C49H89NO3. The summed E-state index contributed by atoms with van der Waals surface area (Å²) < 4.78 is 0. The van der Waals surface area contributed by atoms with Gasteiger partial charge >= 0.3 is 0 Å². The minimum absolute atomic E-state index is 0.0778. The Hall–Kier alpha value is -1.91. The maximum Gasteiger partial charge on any atom is 0.220 e. The second kappa shape index (κ2) is 44.5. The molecule has 4 nitrogen and oxygen atoms in total. The largest absolute Gasteiger partial charge is 0.394 e. The van der Waals surface area contributed by atoms with E-state index in [1.807, 2.05) is 6.08 Å². The zero-order chi connectivity index (χ0) is 38.6. The number of carbonyl (C=O) groups excluding carboxylic acids is 1. The molecule has 308 valence electrons. The molecule has 0 aliphatic carbocycles. The molecule has 1 amide bonds. The second-order valence-corrected chi connectivity index (χ2v) is 15.5. The molecule has 2 atom stereocenters. The van der Waals surface area contributed by atoms with Crippen LogP contribution in [0, 0.1) is 0 Å². The summed E-state index contributed by atoms with van der Waals surface area (Å²) in [6.45, 7) is 4.27. The number of aliphatic hydroxyl groups excluding tert-OH is 2. The van der Waals surface area contributed by atoms with Crippen molar-refractivity contribution >= 4 is 5.91 Å². The topological polar surface area (TPSA) is 69.6 Å². The maximum atomic E-state index is 12.4. The van der Waals surface area contributed by atoms with Gasteiger partial charge in [-0.15, -0.1) is 0 Å². The van der Waals surface area contributed by atoms with Crippen molar-refractivity contribution < 1.29 is 15.0 Å². The van der Waals surface area contributed by atoms with Gasteiger partial charge in [0.25, 0.3) is 0 Å². The molecule has 0 saturated heterocycles. The van der Waals surface area contributed by atoms with Crippen molar-refractivity contribution in [1.82, 2.24) is 5.32 Å². The van der Waals surface area contributed by atoms with Crippen LogP contribution in [-0.4, -0.2) is 34.9 Å². The number of aliphatic hydroxyl groups is 2. The van der Waals surface area contributed by atoms with E-state index in [1.54, 1.807) is 6.08 Å². The number of hydrogen-bond acceptors (Lipinski definition) is 3. The van der Waals surface area contributed by atoms with E-state index in [-0.39, 0.29) is 12.5 Å². The third kappa shape index (κ3) is 41.1. The zero-order valence-electron chi connectivity index (χ0n) is 35.3. The smallest absolute Gasteiger partial charge is 0.220 e. The van der Waals surface area contributed by atoms with Crippen molar-refractivity contribution in [2.45, 2.75) is 238 Å². The summed E-state index contributed by atoms with van der Waals surface area (Å²) in [6.07, 6.45) is 61.9. The molecule has 0 fully saturated rings. The molecule has 0 radical (unpaired) electrons. The number of allylic oxidation sites excluding steroid dienone is 9. The molecule has 0 bridgehead atoms. The van der Waals surface area contributed by atoms with Crippen LogP contribution in [0.3, 0.4) is 0 Å². The summed E-state index contributed by atoms with van der Waals surface area (Å²) in [4.78, 5) is 12.4. The van der Waals surface area contributed by atoms with Crippen molar-refractivity contribution in [3.8, 4) is 0 Å². The van der Waals surface area contributed by atoms with Crippen LogP contribution in [-0.2, 0) is 4.79 Å². The summed E-state index contributed by atoms with van der Waals surface area (Å²) in [7, 11) is 0. The average Bonchev–Trinajstić information content (AvgIpc) is 3.16. The highest BCUT2D eigenvalue weighted by molar-refractivity contribution is 5.76. The van der Waals surface area contributed by atoms with Crippen molar-refractivity contribution in [1.29, 1.82) is 0 Å². The molecule has 3 N–H and O–H groups in total. The molecular weight excluding hydrogens is 651 g/mol. The Morgan fingerprint density at radius 1 is 0.453 bits per heavy atom. The summed E-state index contributed by atoms with van der Waals surface area (Å²) in [5.74, 6) is -0.0778. The van der Waals surface area contributed by atoms with E-state index in [0.29, 0.717) is 6.42 Å². The Morgan fingerprint density at radius 3 is 1.23 bits per heavy atom. The molecule has 4 heteroatoms. The molecule has 0 spiro atoms. The SMILES string of the molecule is CCCCCCC/C=C\C/C=C\C/C=C\CCCCCCCCCCCCCCC(=O)NC(CO)C(O)/C=C/CC/C=C/CCCCCCCCCC. The molecule has 0 saturated carbocycles. The predicted molar refractivity (Wildman–Crippen MR) is 234 cm³/mol. The summed E-state index contributed by atoms with van der Waals surface area (Å²) in [5.41, 5.74) is 0.